The van der Waals surface area contributed by atoms with Crippen molar-refractivity contribution >= 4 is 118 Å². The number of hydrogen-bond acceptors (Lipinski definition) is 37. The average Bonchev–Trinajstić information content (AvgIpc) is 0.861. The van der Waals surface area contributed by atoms with Gasteiger partial charge < -0.3 is 166 Å². The highest BCUT2D eigenvalue weighted by molar-refractivity contribution is 7.80. The van der Waals surface area contributed by atoms with Gasteiger partial charge in [-0.25, -0.2) is 19.6 Å². The van der Waals surface area contributed by atoms with Gasteiger partial charge in [-0.2, -0.15) is 17.6 Å². The van der Waals surface area contributed by atoms with Crippen molar-refractivity contribution in [3.8, 4) is 0 Å². The maximum atomic E-state index is 14.3. The molecule has 110 heavy (non-hydrogen) atoms. The summed E-state index contributed by atoms with van der Waals surface area (Å²) in [6.45, 7) is -5.78. The van der Waals surface area contributed by atoms with Gasteiger partial charge in [-0.3, -0.25) is 67.3 Å². The molecule has 21 atom stereocenters. The molecule has 52 heteroatoms. The molecule has 0 saturated carbocycles. The van der Waals surface area contributed by atoms with Gasteiger partial charge in [-0.05, 0) is 30.7 Å². The van der Waals surface area contributed by atoms with E-state index in [0.717, 1.165) is 0 Å². The van der Waals surface area contributed by atoms with Crippen LogP contribution in [0.2, 0.25) is 0 Å². The summed E-state index contributed by atoms with van der Waals surface area (Å²) in [5.41, 5.74) is 5.18. The summed E-state index contributed by atoms with van der Waals surface area (Å²) in [5.74, 6) is -27.4. The van der Waals surface area contributed by atoms with Crippen molar-refractivity contribution in [2.75, 3.05) is 43.2 Å². The summed E-state index contributed by atoms with van der Waals surface area (Å²) in [4.78, 5) is 212. The number of H-pyrrole nitrogens is 1. The Morgan fingerprint density at radius 2 is 0.782 bits per heavy atom. The molecule has 3 rings (SSSR count). The van der Waals surface area contributed by atoms with Crippen LogP contribution in [0.1, 0.15) is 48.2 Å². The summed E-state index contributed by atoms with van der Waals surface area (Å²) in [5, 5.41) is 233. The lowest BCUT2D eigenvalue weighted by Gasteiger charge is -2.33. The molecule has 0 aliphatic heterocycles. The van der Waals surface area contributed by atoms with Crippen molar-refractivity contribution in [3.63, 3.8) is 0 Å². The van der Waals surface area contributed by atoms with Gasteiger partial charge in [0.2, 0.25) is 53.2 Å². The largest absolute Gasteiger partial charge is 0.481 e. The number of nitrogens with two attached hydrogens (primary N) is 1. The first-order chi connectivity index (χ1) is 51.5. The minimum atomic E-state index is -3.08. The Balaban J connectivity index is 2.01. The quantitative estimate of drug-likeness (QED) is 0.0233. The number of aromatic nitrogens is 4. The van der Waals surface area contributed by atoms with Gasteiger partial charge in [0.25, 0.3) is 11.5 Å². The number of aliphatic hydroxyl groups excluding tert-OH is 16. The highest BCUT2D eigenvalue weighted by Crippen LogP contribution is 2.17. The lowest BCUT2D eigenvalue weighted by Crippen LogP contribution is -2.66. The Kier molecular flexibility index (Phi) is 37.5. The van der Waals surface area contributed by atoms with E-state index in [0.29, 0.717) is 5.69 Å². The number of carboxylic acids is 5. The highest BCUT2D eigenvalue weighted by Gasteiger charge is 2.46. The van der Waals surface area contributed by atoms with E-state index >= 15 is 0 Å². The fourth-order valence-corrected chi connectivity index (χ4v) is 9.76. The molecule has 51 nitrogen and oxygen atoms in total. The summed E-state index contributed by atoms with van der Waals surface area (Å²) >= 11 is 3.73. The van der Waals surface area contributed by atoms with Crippen molar-refractivity contribution in [2.24, 2.45) is 0 Å². The molecule has 0 fully saturated rings. The Hall–Kier alpha value is -10.7. The maximum Gasteiger partial charge on any atom is 0.327 e. The molecule has 0 aliphatic rings. The maximum absolute atomic E-state index is 14.3. The van der Waals surface area contributed by atoms with Crippen molar-refractivity contribution in [1.29, 1.82) is 0 Å². The molecule has 612 valence electrons. The summed E-state index contributed by atoms with van der Waals surface area (Å²) < 4.78 is 0. The van der Waals surface area contributed by atoms with Gasteiger partial charge in [0.1, 0.15) is 128 Å². The minimum Gasteiger partial charge on any atom is -0.481 e. The predicted octanol–water partition coefficient (Wildman–Crippen LogP) is -17.5. The van der Waals surface area contributed by atoms with Gasteiger partial charge in [0, 0.05) is 23.4 Å². The van der Waals surface area contributed by atoms with Gasteiger partial charge in [-0.1, -0.05) is 0 Å². The number of rotatable bonds is 48. The first kappa shape index (κ1) is 93.5. The molecule has 0 unspecified atom stereocenters. The number of aliphatic hydroxyl groups is 16. The Morgan fingerprint density at radius 3 is 1.11 bits per heavy atom. The van der Waals surface area contributed by atoms with E-state index < -0.39 is 280 Å². The number of hydrogen-bond donors (Lipinski definition) is 34. The normalized spacial score (nSPS) is 17.2. The van der Waals surface area contributed by atoms with Crippen LogP contribution in [0.3, 0.4) is 0 Å². The van der Waals surface area contributed by atoms with Crippen LogP contribution in [0.25, 0.3) is 11.2 Å². The number of nitrogen functional groups attached to an aromatic ring is 1. The summed E-state index contributed by atoms with van der Waals surface area (Å²) in [7, 11) is 0. The number of amides is 9. The lowest BCUT2D eigenvalue weighted by atomic mass is 9.97. The van der Waals surface area contributed by atoms with Crippen LogP contribution in [0.15, 0.2) is 35.3 Å². The third-order valence-electron chi connectivity index (χ3n) is 15.6. The number of nitrogens with one attached hydrogen (secondary N) is 11. The van der Waals surface area contributed by atoms with E-state index in [1.807, 2.05) is 5.32 Å². The number of anilines is 2. The van der Waals surface area contributed by atoms with Crippen molar-refractivity contribution in [3.05, 3.63) is 52.1 Å². The lowest BCUT2D eigenvalue weighted by molar-refractivity contribution is -0.147. The number of fused-ring (bicyclic) bond motifs is 1. The third-order valence-corrected chi connectivity index (χ3v) is 16.0. The van der Waals surface area contributed by atoms with Gasteiger partial charge in [0.15, 0.2) is 11.2 Å². The average molecular weight is 1600 g/mol. The smallest absolute Gasteiger partial charge is 0.327 e. The molecule has 0 radical (unpaired) electrons. The van der Waals surface area contributed by atoms with Crippen molar-refractivity contribution < 1.29 is 174 Å². The molecular weight excluding hydrogens is 1510 g/mol. The molecular formula is C58H83N15O36S. The molecule has 0 saturated heterocycles. The molecule has 0 bridgehead atoms. The zero-order valence-corrected chi connectivity index (χ0v) is 57.6. The van der Waals surface area contributed by atoms with Gasteiger partial charge >= 0.3 is 29.8 Å². The van der Waals surface area contributed by atoms with Crippen LogP contribution < -0.4 is 64.5 Å². The van der Waals surface area contributed by atoms with Gasteiger partial charge in [-0.15, -0.1) is 0 Å². The van der Waals surface area contributed by atoms with Crippen LogP contribution in [-0.2, 0) is 68.9 Å². The molecule has 2 aromatic heterocycles. The van der Waals surface area contributed by atoms with Crippen molar-refractivity contribution in [2.45, 2.75) is 166 Å². The number of aliphatic carboxylic acids is 5. The second-order valence-electron chi connectivity index (χ2n) is 23.8. The first-order valence-corrected chi connectivity index (χ1v) is 32.5. The Labute approximate surface area is 620 Å². The van der Waals surface area contributed by atoms with E-state index in [4.69, 9.17) is 5.73 Å². The molecule has 1 aromatic carbocycles. The zero-order chi connectivity index (χ0) is 83.5. The summed E-state index contributed by atoms with van der Waals surface area (Å²) in [6, 6.07) is -18.6. The van der Waals surface area contributed by atoms with Crippen LogP contribution in [0.4, 0.5) is 11.6 Å². The Bertz CT molecular complexity index is 3790. The minimum absolute atomic E-state index is 0.0185. The fraction of sp³-hybridized carbons (Fsp3) is 0.552. The number of aromatic amines is 1. The number of carbonyl (C=O) groups excluding carboxylic acids is 9. The van der Waals surface area contributed by atoms with Crippen LogP contribution in [0, 0.1) is 0 Å². The van der Waals surface area contributed by atoms with Crippen LogP contribution in [0.5, 0.6) is 0 Å². The van der Waals surface area contributed by atoms with E-state index in [1.54, 1.807) is 37.2 Å². The highest BCUT2D eigenvalue weighted by atomic mass is 32.1. The fourth-order valence-electron chi connectivity index (χ4n) is 9.51. The van der Waals surface area contributed by atoms with E-state index in [9.17, 15) is 179 Å². The zero-order valence-electron chi connectivity index (χ0n) is 56.7. The van der Waals surface area contributed by atoms with Gasteiger partial charge in [0.05, 0.1) is 64.1 Å². The molecule has 3 aromatic rings. The first-order valence-electron chi connectivity index (χ1n) is 31.9. The number of nitrogens with zero attached hydrogens (tertiary/aromatic N) is 3. The second kappa shape index (κ2) is 44.1. The molecule has 9 amide bonds. The molecule has 0 spiro atoms. The van der Waals surface area contributed by atoms with Crippen LogP contribution in [-0.4, -0.2) is 370 Å². The third kappa shape index (κ3) is 27.8. The molecule has 0 aliphatic carbocycles. The van der Waals surface area contributed by atoms with Crippen LogP contribution >= 0.6 is 12.6 Å². The second-order valence-corrected chi connectivity index (χ2v) is 24.2. The molecule has 2 heterocycles. The summed E-state index contributed by atoms with van der Waals surface area (Å²) in [6.07, 6.45) is -38.3. The Morgan fingerprint density at radius 1 is 0.436 bits per heavy atom. The van der Waals surface area contributed by atoms with E-state index in [1.165, 1.54) is 30.5 Å². The number of carbonyl (C=O) groups is 14. The monoisotopic (exact) mass is 1600 g/mol. The standard InChI is InChI=1S/C58H83N15O36S/c59-58-72-46-37(55(105)73-58)62-19(11-61-46)10-60-18-3-1-17(2-4-18)47(97)63-20(56(106)107)5-6-29(82)68-33(42(93)38(89)25(78)12-74)51(101)64-21(7-30(83)84)48(98)69-34(43(94)39(90)26(79)13-75)52(102)65-22(8-31(85)86)49(99)70-35(44(95)40(91)27(80)14-76)53(103)66-23(9-32(87)88)50(100)71-36(45(96)41(92)28(81)15-77)54(104)67-24(16-110)57(108)109/h1-4,11,20-28,33-36,38-45,60,74-81,89-96,110H,5-10,12-16H2,(H,63,97)(H,64,101)(H,65,102)(H,66,103)(H,67,104)(H,68,82)(H,69,98)(H,70,99)(H,71,100)(H,83,84)(H,85,86)(H,87,88)(H,106,107)(H,108,109)(H3,59,61,72,73,105)/t20-,21-,22-,23-,24-,25+,26+,27+,28+,33-,34-,35-,36-,38+,39+,40+,41+,42+,43+,44+,45+/m0/s1. The molecule has 34 N–H and O–H groups in total. The predicted molar refractivity (Wildman–Crippen MR) is 358 cm³/mol. The number of thiol groups is 1. The van der Waals surface area contributed by atoms with Crippen molar-refractivity contribution in [1.82, 2.24) is 67.8 Å². The number of carboxylic acid groups (broad SMARTS) is 5. The van der Waals surface area contributed by atoms with E-state index in [-0.39, 0.29) is 34.9 Å². The number of benzene rings is 1. The van der Waals surface area contributed by atoms with E-state index in [2.05, 4.69) is 43.2 Å². The topological polar surface area (TPSA) is 882 Å². The SMILES string of the molecule is Nc1nc2ncc(CNc3ccc(C(=O)N[C@@H](CCC(=O)N[C@H](C(=O)N[C@@H](CC(=O)O)C(=O)N[C@H](C(=O)N[C@@H](CC(=O)O)C(=O)N[C@H](C(=O)N[C@@H](CC(=O)O)C(=O)N[C@H](C(=O)N[C@@H](CS)C(=O)O)[C@@H](O)[C@H](O)[C@H](O)CO)[C@@H](O)[C@H](O)[C@H](O)CO)[C@@H](O)[C@H](O)[C@H](O)CO)[C@@H](O)[C@H](O)[C@H](O)CO)C(=O)O)cc3)nc2c(=O)[nH]1.